The number of hydrogen-bond acceptors (Lipinski definition) is 2. The second kappa shape index (κ2) is 6.79. The van der Waals surface area contributed by atoms with E-state index in [1.165, 1.54) is 5.56 Å². The molecule has 0 radical (unpaired) electrons. The molecule has 0 saturated carbocycles. The largest absolute Gasteiger partial charge is 0.376 e. The van der Waals surface area contributed by atoms with Gasteiger partial charge < -0.3 is 16.4 Å². The molecule has 0 aliphatic rings. The first-order valence-corrected chi connectivity index (χ1v) is 7.75. The molecule has 1 amide bonds. The second-order valence-electron chi connectivity index (χ2n) is 5.73. The molecule has 0 bridgehead atoms. The molecule has 2 aromatic rings. The minimum atomic E-state index is -0.116. The van der Waals surface area contributed by atoms with Crippen LogP contribution < -0.4 is 16.4 Å². The van der Waals surface area contributed by atoms with Crippen LogP contribution in [0.1, 0.15) is 32.6 Å². The first-order valence-electron chi connectivity index (χ1n) is 7.34. The number of aryl methyl sites for hydroxylation is 4. The summed E-state index contributed by atoms with van der Waals surface area (Å²) in [5.41, 5.74) is 11.9. The Labute approximate surface area is 142 Å². The van der Waals surface area contributed by atoms with Gasteiger partial charge in [-0.3, -0.25) is 4.79 Å². The Bertz CT molecular complexity index is 761. The van der Waals surface area contributed by atoms with Crippen LogP contribution >= 0.6 is 12.2 Å². The molecule has 0 fully saturated rings. The molecule has 0 aromatic heterocycles. The molecule has 0 unspecified atom stereocenters. The fourth-order valence-electron chi connectivity index (χ4n) is 2.44. The lowest BCUT2D eigenvalue weighted by molar-refractivity contribution is 0.102. The summed E-state index contributed by atoms with van der Waals surface area (Å²) in [5, 5.41) is 6.12. The molecule has 0 atom stereocenters. The molecular weight excluding hydrogens is 306 g/mol. The molecule has 0 aliphatic heterocycles. The van der Waals surface area contributed by atoms with Gasteiger partial charge in [-0.05, 0) is 86.4 Å². The van der Waals surface area contributed by atoms with E-state index in [2.05, 4.69) is 10.6 Å². The second-order valence-corrected chi connectivity index (χ2v) is 6.17. The fourth-order valence-corrected chi connectivity index (χ4v) is 2.56. The third kappa shape index (κ3) is 4.07. The summed E-state index contributed by atoms with van der Waals surface area (Å²) in [7, 11) is 0. The van der Waals surface area contributed by atoms with Crippen molar-refractivity contribution in [1.29, 1.82) is 0 Å². The van der Waals surface area contributed by atoms with Crippen LogP contribution in [0.2, 0.25) is 0 Å². The lowest BCUT2D eigenvalue weighted by Gasteiger charge is -2.15. The minimum absolute atomic E-state index is 0.116. The van der Waals surface area contributed by atoms with Crippen LogP contribution in [0.5, 0.6) is 0 Å². The number of anilines is 2. The van der Waals surface area contributed by atoms with Crippen molar-refractivity contribution < 1.29 is 4.79 Å². The summed E-state index contributed by atoms with van der Waals surface area (Å²) in [6.45, 7) is 7.90. The van der Waals surface area contributed by atoms with Crippen molar-refractivity contribution in [2.24, 2.45) is 5.73 Å². The highest BCUT2D eigenvalue weighted by Gasteiger charge is 2.12. The first kappa shape index (κ1) is 17.0. The number of amides is 1. The third-order valence-corrected chi connectivity index (χ3v) is 3.91. The molecule has 4 nitrogen and oxygen atoms in total. The Morgan fingerprint density at radius 1 is 0.913 bits per heavy atom. The Hall–Kier alpha value is -2.40. The van der Waals surface area contributed by atoms with E-state index < -0.39 is 0 Å². The van der Waals surface area contributed by atoms with Gasteiger partial charge in [0.1, 0.15) is 0 Å². The zero-order valence-corrected chi connectivity index (χ0v) is 14.6. The van der Waals surface area contributed by atoms with Crippen LogP contribution in [0.4, 0.5) is 11.4 Å². The van der Waals surface area contributed by atoms with Gasteiger partial charge in [0.2, 0.25) is 0 Å². The zero-order chi connectivity index (χ0) is 17.1. The monoisotopic (exact) mass is 327 g/mol. The van der Waals surface area contributed by atoms with Crippen molar-refractivity contribution in [2.45, 2.75) is 27.7 Å². The van der Waals surface area contributed by atoms with E-state index in [0.29, 0.717) is 5.56 Å². The molecule has 0 saturated heterocycles. The van der Waals surface area contributed by atoms with Crippen LogP contribution in [0.25, 0.3) is 0 Å². The molecule has 5 heteroatoms. The Balaban J connectivity index is 2.27. The summed E-state index contributed by atoms with van der Waals surface area (Å²) in [5.74, 6) is -0.116. The lowest BCUT2D eigenvalue weighted by Crippen LogP contribution is -2.19. The quantitative estimate of drug-likeness (QED) is 0.750. The number of rotatable bonds is 3. The first-order chi connectivity index (χ1) is 10.8. The number of hydrogen-bond donors (Lipinski definition) is 3. The number of carbonyl (C=O) groups excluding carboxylic acids is 1. The highest BCUT2D eigenvalue weighted by atomic mass is 32.1. The van der Waals surface area contributed by atoms with E-state index in [1.54, 1.807) is 0 Å². The Morgan fingerprint density at radius 2 is 1.52 bits per heavy atom. The SMILES string of the molecule is Cc1ccc(C(=O)Nc2c(C)cc(NC(N)=S)cc2C)cc1C. The average molecular weight is 327 g/mol. The normalized spacial score (nSPS) is 10.3. The smallest absolute Gasteiger partial charge is 0.255 e. The number of nitrogens with one attached hydrogen (secondary N) is 2. The van der Waals surface area contributed by atoms with E-state index in [0.717, 1.165) is 28.1 Å². The number of benzene rings is 2. The van der Waals surface area contributed by atoms with Gasteiger partial charge in [0.15, 0.2) is 5.11 Å². The van der Waals surface area contributed by atoms with E-state index in [1.807, 2.05) is 58.0 Å². The topological polar surface area (TPSA) is 67.2 Å². The van der Waals surface area contributed by atoms with Gasteiger partial charge in [-0.1, -0.05) is 6.07 Å². The van der Waals surface area contributed by atoms with Crippen LogP contribution in [0, 0.1) is 27.7 Å². The summed E-state index contributed by atoms with van der Waals surface area (Å²) in [4.78, 5) is 12.5. The van der Waals surface area contributed by atoms with Crippen molar-refractivity contribution in [1.82, 2.24) is 0 Å². The molecule has 2 rings (SSSR count). The van der Waals surface area contributed by atoms with E-state index >= 15 is 0 Å². The molecule has 0 spiro atoms. The van der Waals surface area contributed by atoms with Gasteiger partial charge in [0.25, 0.3) is 5.91 Å². The maximum Gasteiger partial charge on any atom is 0.255 e. The third-order valence-electron chi connectivity index (χ3n) is 3.81. The van der Waals surface area contributed by atoms with E-state index in [4.69, 9.17) is 18.0 Å². The highest BCUT2D eigenvalue weighted by Crippen LogP contribution is 2.25. The van der Waals surface area contributed by atoms with Gasteiger partial charge in [0.05, 0.1) is 0 Å². The van der Waals surface area contributed by atoms with Gasteiger partial charge in [-0.15, -0.1) is 0 Å². The van der Waals surface area contributed by atoms with Gasteiger partial charge in [-0.25, -0.2) is 0 Å². The van der Waals surface area contributed by atoms with Gasteiger partial charge in [0, 0.05) is 16.9 Å². The Morgan fingerprint density at radius 3 is 2.04 bits per heavy atom. The van der Waals surface area contributed by atoms with Crippen molar-refractivity contribution in [3.63, 3.8) is 0 Å². The molecule has 23 heavy (non-hydrogen) atoms. The number of nitrogens with two attached hydrogens (primary N) is 1. The predicted octanol–water partition coefficient (Wildman–Crippen LogP) is 3.83. The molecule has 4 N–H and O–H groups in total. The van der Waals surface area contributed by atoms with Crippen molar-refractivity contribution in [3.8, 4) is 0 Å². The summed E-state index contributed by atoms with van der Waals surface area (Å²) in [6, 6.07) is 9.51. The molecule has 0 heterocycles. The highest BCUT2D eigenvalue weighted by molar-refractivity contribution is 7.80. The van der Waals surface area contributed by atoms with Gasteiger partial charge in [-0.2, -0.15) is 0 Å². The fraction of sp³-hybridized carbons (Fsp3) is 0.222. The van der Waals surface area contributed by atoms with Crippen molar-refractivity contribution in [3.05, 3.63) is 58.1 Å². The molecule has 120 valence electrons. The average Bonchev–Trinajstić information content (AvgIpc) is 2.45. The predicted molar refractivity (Wildman–Crippen MR) is 100 cm³/mol. The lowest BCUT2D eigenvalue weighted by atomic mass is 10.0. The van der Waals surface area contributed by atoms with E-state index in [-0.39, 0.29) is 11.0 Å². The molecular formula is C18H21N3OS. The standard InChI is InChI=1S/C18H21N3OS/c1-10-5-6-14(7-11(10)2)17(22)21-16-12(3)8-15(9-13(16)4)20-18(19)23/h5-9H,1-4H3,(H,21,22)(H3,19,20,23). The number of carbonyl (C=O) groups is 1. The van der Waals surface area contributed by atoms with Crippen molar-refractivity contribution >= 4 is 34.6 Å². The Kier molecular flexibility index (Phi) is 5.01. The minimum Gasteiger partial charge on any atom is -0.376 e. The van der Waals surface area contributed by atoms with Crippen LogP contribution in [0.15, 0.2) is 30.3 Å². The maximum absolute atomic E-state index is 12.5. The summed E-state index contributed by atoms with van der Waals surface area (Å²) < 4.78 is 0. The maximum atomic E-state index is 12.5. The van der Waals surface area contributed by atoms with Gasteiger partial charge >= 0.3 is 0 Å². The van der Waals surface area contributed by atoms with Crippen LogP contribution in [0.3, 0.4) is 0 Å². The summed E-state index contributed by atoms with van der Waals surface area (Å²) >= 11 is 4.85. The van der Waals surface area contributed by atoms with Crippen LogP contribution in [-0.4, -0.2) is 11.0 Å². The number of thiocarbonyl (C=S) groups is 1. The molecule has 0 aliphatic carbocycles. The zero-order valence-electron chi connectivity index (χ0n) is 13.8. The van der Waals surface area contributed by atoms with Crippen molar-refractivity contribution in [2.75, 3.05) is 10.6 Å². The molecule has 2 aromatic carbocycles. The summed E-state index contributed by atoms with van der Waals surface area (Å²) in [6.07, 6.45) is 0. The van der Waals surface area contributed by atoms with E-state index in [9.17, 15) is 4.79 Å². The van der Waals surface area contributed by atoms with Crippen LogP contribution in [-0.2, 0) is 0 Å².